The van der Waals surface area contributed by atoms with Gasteiger partial charge in [0.25, 0.3) is 0 Å². The maximum Gasteiger partial charge on any atom is 0.338 e. The second kappa shape index (κ2) is 9.20. The molecule has 224 valence electrons. The maximum absolute atomic E-state index is 13.2. The van der Waals surface area contributed by atoms with E-state index in [1.807, 2.05) is 30.3 Å². The minimum absolute atomic E-state index is 0.00125. The normalized spacial score (nSPS) is 44.2. The molecule has 8 atom stereocenters. The molecule has 0 bridgehead atoms. The molecular weight excluding hydrogens is 508 g/mol. The van der Waals surface area contributed by atoms with Crippen molar-refractivity contribution in [2.45, 2.75) is 119 Å². The first-order valence-corrected chi connectivity index (χ1v) is 16.3. The maximum atomic E-state index is 13.2. The van der Waals surface area contributed by atoms with Crippen molar-refractivity contribution in [3.05, 3.63) is 47.5 Å². The monoisotopic (exact) mass is 560 g/mol. The quantitative estimate of drug-likeness (QED) is 0.296. The van der Waals surface area contributed by atoms with E-state index in [2.05, 4.69) is 54.5 Å². The van der Waals surface area contributed by atoms with E-state index in [1.165, 1.54) is 18.4 Å². The van der Waals surface area contributed by atoms with Gasteiger partial charge in [-0.1, -0.05) is 78.3 Å². The summed E-state index contributed by atoms with van der Waals surface area (Å²) in [6.45, 7) is 17.1. The molecule has 0 spiro atoms. The highest BCUT2D eigenvalue weighted by atomic mass is 16.5. The van der Waals surface area contributed by atoms with Crippen molar-refractivity contribution in [1.29, 1.82) is 0 Å². The molecular formula is C37H52O4. The van der Waals surface area contributed by atoms with Gasteiger partial charge in [0.15, 0.2) is 0 Å². The van der Waals surface area contributed by atoms with Crippen molar-refractivity contribution in [2.24, 2.45) is 50.2 Å². The first kappa shape index (κ1) is 29.0. The predicted molar refractivity (Wildman–Crippen MR) is 162 cm³/mol. The zero-order valence-corrected chi connectivity index (χ0v) is 26.5. The molecule has 5 aliphatic carbocycles. The number of benzene rings is 1. The summed E-state index contributed by atoms with van der Waals surface area (Å²) in [6, 6.07) is 9.42. The molecule has 0 saturated heterocycles. The van der Waals surface area contributed by atoms with Crippen LogP contribution >= 0.6 is 0 Å². The van der Waals surface area contributed by atoms with Gasteiger partial charge in [-0.25, -0.2) is 4.79 Å². The predicted octanol–water partition coefficient (Wildman–Crippen LogP) is 9.10. The van der Waals surface area contributed by atoms with Gasteiger partial charge in [0.05, 0.1) is 11.0 Å². The van der Waals surface area contributed by atoms with Crippen LogP contribution in [0, 0.1) is 50.2 Å². The fraction of sp³-hybridized carbons (Fsp3) is 0.730. The number of aliphatic carboxylic acids is 1. The summed E-state index contributed by atoms with van der Waals surface area (Å²) in [4.78, 5) is 26.1. The van der Waals surface area contributed by atoms with Crippen LogP contribution in [0.5, 0.6) is 0 Å². The number of carboxylic acid groups (broad SMARTS) is 1. The van der Waals surface area contributed by atoms with Crippen molar-refractivity contribution >= 4 is 11.9 Å². The van der Waals surface area contributed by atoms with Crippen molar-refractivity contribution in [3.8, 4) is 0 Å². The zero-order chi connectivity index (χ0) is 29.6. The second-order valence-corrected chi connectivity index (χ2v) is 17.0. The molecule has 5 aliphatic rings. The standard InChI is InChI=1S/C37H52O4/c1-32(2)17-19-37(31(39)40)20-18-35(6)26(27(37)23-32)13-14-29-34(5)22-25(41-30(38)24-11-9-8-10-12-24)21-33(3,4)28(34)15-16-36(29,35)7/h8-13,25,27-29H,14-23H2,1-7H3,(H,39,40)/t25-,27+,28+,29-,34+,35-,36-,37+/m1/s1. The summed E-state index contributed by atoms with van der Waals surface area (Å²) in [6.07, 6.45) is 12.2. The molecule has 0 amide bonds. The van der Waals surface area contributed by atoms with Gasteiger partial charge in [-0.05, 0) is 121 Å². The van der Waals surface area contributed by atoms with Crippen molar-refractivity contribution in [3.63, 3.8) is 0 Å². The van der Waals surface area contributed by atoms with Crippen LogP contribution in [0.3, 0.4) is 0 Å². The second-order valence-electron chi connectivity index (χ2n) is 17.0. The van der Waals surface area contributed by atoms with Crippen LogP contribution in [0.4, 0.5) is 0 Å². The van der Waals surface area contributed by atoms with Crippen LogP contribution in [0.15, 0.2) is 42.0 Å². The van der Waals surface area contributed by atoms with E-state index >= 15 is 0 Å². The van der Waals surface area contributed by atoms with Crippen LogP contribution in [-0.2, 0) is 9.53 Å². The average Bonchev–Trinajstić information content (AvgIpc) is 2.88. The number of carbonyl (C=O) groups is 2. The third kappa shape index (κ3) is 4.12. The topological polar surface area (TPSA) is 63.6 Å². The lowest BCUT2D eigenvalue weighted by molar-refractivity contribution is -0.201. The van der Waals surface area contributed by atoms with E-state index in [9.17, 15) is 14.7 Å². The number of fused-ring (bicyclic) bond motifs is 7. The van der Waals surface area contributed by atoms with E-state index in [0.29, 0.717) is 17.4 Å². The smallest absolute Gasteiger partial charge is 0.338 e. The number of hydrogen-bond donors (Lipinski definition) is 1. The Hall–Kier alpha value is -2.10. The Kier molecular flexibility index (Phi) is 6.50. The molecule has 1 aromatic rings. The third-order valence-electron chi connectivity index (χ3n) is 14.0. The van der Waals surface area contributed by atoms with E-state index in [0.717, 1.165) is 51.4 Å². The fourth-order valence-corrected chi connectivity index (χ4v) is 11.7. The molecule has 0 radical (unpaired) electrons. The first-order chi connectivity index (χ1) is 19.1. The fourth-order valence-electron chi connectivity index (χ4n) is 11.7. The highest BCUT2D eigenvalue weighted by molar-refractivity contribution is 5.89. The van der Waals surface area contributed by atoms with Crippen LogP contribution in [0.2, 0.25) is 0 Å². The summed E-state index contributed by atoms with van der Waals surface area (Å²) in [5.41, 5.74) is 1.90. The highest BCUT2D eigenvalue weighted by Crippen LogP contribution is 2.75. The number of esters is 1. The summed E-state index contributed by atoms with van der Waals surface area (Å²) in [5.74, 6) is 0.415. The lowest BCUT2D eigenvalue weighted by Gasteiger charge is -2.71. The van der Waals surface area contributed by atoms with Crippen LogP contribution in [0.25, 0.3) is 0 Å². The van der Waals surface area contributed by atoms with Crippen molar-refractivity contribution in [1.82, 2.24) is 0 Å². The number of ether oxygens (including phenoxy) is 1. The lowest BCUT2D eigenvalue weighted by atomic mass is 9.33. The summed E-state index contributed by atoms with van der Waals surface area (Å²) < 4.78 is 6.29. The summed E-state index contributed by atoms with van der Waals surface area (Å²) >= 11 is 0. The molecule has 1 N–H and O–H groups in total. The minimum Gasteiger partial charge on any atom is -0.481 e. The summed E-state index contributed by atoms with van der Waals surface area (Å²) in [5, 5.41) is 10.6. The van der Waals surface area contributed by atoms with Gasteiger partial charge in [0.2, 0.25) is 0 Å². The van der Waals surface area contributed by atoms with Gasteiger partial charge in [-0.15, -0.1) is 0 Å². The zero-order valence-electron chi connectivity index (χ0n) is 26.5. The molecule has 4 fully saturated rings. The SMILES string of the molecule is CC1(C)CC[C@]2(C(=O)O)CC[C@]3(C)C(=CC[C@@H]4[C@@]5(C)C[C@H](OC(=O)c6ccccc6)CC(C)(C)[C@@H]5CC[C@]43C)[C@@H]2C1. The Labute approximate surface area is 247 Å². The van der Waals surface area contributed by atoms with E-state index < -0.39 is 11.4 Å². The molecule has 0 aromatic heterocycles. The first-order valence-electron chi connectivity index (χ1n) is 16.3. The Morgan fingerprint density at radius 1 is 0.829 bits per heavy atom. The lowest BCUT2D eigenvalue weighted by Crippen LogP contribution is -2.64. The number of allylic oxidation sites excluding steroid dienone is 2. The van der Waals surface area contributed by atoms with Crippen LogP contribution in [0.1, 0.15) is 123 Å². The van der Waals surface area contributed by atoms with Gasteiger partial charge in [-0.3, -0.25) is 4.79 Å². The number of hydrogen-bond acceptors (Lipinski definition) is 3. The molecule has 4 saturated carbocycles. The van der Waals surface area contributed by atoms with Crippen molar-refractivity contribution < 1.29 is 19.4 Å². The third-order valence-corrected chi connectivity index (χ3v) is 14.0. The molecule has 1 aromatic carbocycles. The number of rotatable bonds is 3. The van der Waals surface area contributed by atoms with Crippen LogP contribution in [-0.4, -0.2) is 23.1 Å². The number of carboxylic acids is 1. The largest absolute Gasteiger partial charge is 0.481 e. The molecule has 6 rings (SSSR count). The van der Waals surface area contributed by atoms with E-state index in [1.54, 1.807) is 0 Å². The summed E-state index contributed by atoms with van der Waals surface area (Å²) in [7, 11) is 0. The Balaban J connectivity index is 1.37. The van der Waals surface area contributed by atoms with Gasteiger partial charge < -0.3 is 9.84 Å². The molecule has 41 heavy (non-hydrogen) atoms. The van der Waals surface area contributed by atoms with Gasteiger partial charge in [0, 0.05) is 0 Å². The molecule has 0 aliphatic heterocycles. The molecule has 4 heteroatoms. The van der Waals surface area contributed by atoms with Crippen molar-refractivity contribution in [2.75, 3.05) is 0 Å². The number of carbonyl (C=O) groups excluding carboxylic acids is 1. The highest BCUT2D eigenvalue weighted by Gasteiger charge is 2.69. The molecule has 0 heterocycles. The van der Waals surface area contributed by atoms with Crippen LogP contribution < -0.4 is 0 Å². The molecule has 4 nitrogen and oxygen atoms in total. The Morgan fingerprint density at radius 3 is 2.20 bits per heavy atom. The van der Waals surface area contributed by atoms with Gasteiger partial charge >= 0.3 is 11.9 Å². The van der Waals surface area contributed by atoms with Gasteiger partial charge in [-0.2, -0.15) is 0 Å². The average molecular weight is 561 g/mol. The van der Waals surface area contributed by atoms with E-state index in [-0.39, 0.29) is 45.1 Å². The Morgan fingerprint density at radius 2 is 1.51 bits per heavy atom. The minimum atomic E-state index is -0.602. The Bertz CT molecular complexity index is 1260. The van der Waals surface area contributed by atoms with Gasteiger partial charge in [0.1, 0.15) is 6.10 Å². The molecule has 0 unspecified atom stereocenters. The van der Waals surface area contributed by atoms with E-state index in [4.69, 9.17) is 4.74 Å².